The molecule has 3 atom stereocenters. The van der Waals surface area contributed by atoms with Gasteiger partial charge in [0.1, 0.15) is 12.5 Å². The number of aliphatic hydroxyl groups is 2. The van der Waals surface area contributed by atoms with Gasteiger partial charge in [0.15, 0.2) is 0 Å². The number of carbonyl (C=O) groups is 3. The van der Waals surface area contributed by atoms with E-state index in [1.54, 1.807) is 12.1 Å². The third-order valence-electron chi connectivity index (χ3n) is 5.45. The Kier molecular flexibility index (Phi) is 6.00. The molecule has 0 saturated carbocycles. The average Bonchev–Trinajstić information content (AvgIpc) is 2.99. The molecule has 4 N–H and O–H groups in total. The van der Waals surface area contributed by atoms with Crippen LogP contribution in [0, 0.1) is 0 Å². The molecule has 0 aromatic heterocycles. The van der Waals surface area contributed by atoms with Crippen molar-refractivity contribution in [2.45, 2.75) is 37.9 Å². The Morgan fingerprint density at radius 2 is 1.87 bits per heavy atom. The zero-order chi connectivity index (χ0) is 22.3. The number of hydrogen-bond acceptors (Lipinski definition) is 6. The monoisotopic (exact) mass is 463 g/mol. The number of hydrogen-bond donors (Lipinski definition) is 4. The maximum Gasteiger partial charge on any atom is 0.262 e. The van der Waals surface area contributed by atoms with Crippen LogP contribution in [0.15, 0.2) is 36.4 Å². The molecule has 1 saturated heterocycles. The van der Waals surface area contributed by atoms with Crippen molar-refractivity contribution in [3.63, 3.8) is 0 Å². The summed E-state index contributed by atoms with van der Waals surface area (Å²) in [6.45, 7) is 0.0132. The third-order valence-corrected chi connectivity index (χ3v) is 6.19. The van der Waals surface area contributed by atoms with Gasteiger partial charge in [-0.25, -0.2) is 0 Å². The largest absolute Gasteiger partial charge is 0.379 e. The Bertz CT molecular complexity index is 1080. The summed E-state index contributed by atoms with van der Waals surface area (Å²) >= 11 is 11.8. The lowest BCUT2D eigenvalue weighted by atomic mass is 10.0. The maximum absolute atomic E-state index is 13.1. The van der Waals surface area contributed by atoms with Crippen molar-refractivity contribution in [3.05, 3.63) is 68.7 Å². The van der Waals surface area contributed by atoms with E-state index in [2.05, 4.69) is 10.6 Å². The average molecular weight is 464 g/mol. The molecule has 2 aliphatic heterocycles. The molecule has 8 nitrogen and oxygen atoms in total. The third kappa shape index (κ3) is 4.05. The van der Waals surface area contributed by atoms with Gasteiger partial charge in [-0.05, 0) is 42.7 Å². The van der Waals surface area contributed by atoms with E-state index >= 15 is 0 Å². The molecule has 162 valence electrons. The molecule has 0 radical (unpaired) electrons. The van der Waals surface area contributed by atoms with Crippen LogP contribution in [0.1, 0.15) is 49.5 Å². The zero-order valence-electron chi connectivity index (χ0n) is 16.1. The maximum atomic E-state index is 13.1. The Morgan fingerprint density at radius 3 is 2.58 bits per heavy atom. The van der Waals surface area contributed by atoms with Crippen LogP contribution in [0.3, 0.4) is 0 Å². The first kappa shape index (κ1) is 21.7. The summed E-state index contributed by atoms with van der Waals surface area (Å²) < 4.78 is 0. The number of halogens is 2. The summed E-state index contributed by atoms with van der Waals surface area (Å²) in [4.78, 5) is 39.5. The van der Waals surface area contributed by atoms with Crippen LogP contribution in [0.2, 0.25) is 10.0 Å². The quantitative estimate of drug-likeness (QED) is 0.514. The number of fused-ring (bicyclic) bond motifs is 1. The summed E-state index contributed by atoms with van der Waals surface area (Å²) in [5.74, 6) is -1.47. The Balaban J connectivity index is 1.54. The summed E-state index contributed by atoms with van der Waals surface area (Å²) in [5, 5.41) is 25.7. The van der Waals surface area contributed by atoms with E-state index in [4.69, 9.17) is 23.2 Å². The van der Waals surface area contributed by atoms with Gasteiger partial charge in [-0.3, -0.25) is 24.6 Å². The molecule has 2 aromatic rings. The molecule has 0 aliphatic carbocycles. The number of aliphatic hydroxyl groups excluding tert-OH is 2. The fourth-order valence-corrected chi connectivity index (χ4v) is 4.18. The number of nitrogens with zero attached hydrogens (tertiary/aromatic N) is 1. The topological polar surface area (TPSA) is 119 Å². The molecule has 2 aliphatic rings. The molecule has 2 heterocycles. The SMILES string of the molecule is O=C(NCc1cccc2c1C(=O)N(C1CCC(O)NC1O)C2=O)c1ccc(Cl)c(Cl)c1. The number of nitrogens with one attached hydrogen (secondary N) is 2. The van der Waals surface area contributed by atoms with E-state index in [9.17, 15) is 24.6 Å². The highest BCUT2D eigenvalue weighted by molar-refractivity contribution is 6.42. The summed E-state index contributed by atoms with van der Waals surface area (Å²) in [5.41, 5.74) is 1.19. The first-order chi connectivity index (χ1) is 14.8. The fraction of sp³-hybridized carbons (Fsp3) is 0.286. The Hall–Kier alpha value is -2.49. The van der Waals surface area contributed by atoms with Crippen LogP contribution in [0.4, 0.5) is 0 Å². The number of piperidine rings is 1. The van der Waals surface area contributed by atoms with Crippen LogP contribution >= 0.6 is 23.2 Å². The van der Waals surface area contributed by atoms with Gasteiger partial charge in [0.2, 0.25) is 0 Å². The molecule has 3 unspecified atom stereocenters. The van der Waals surface area contributed by atoms with Crippen LogP contribution < -0.4 is 10.6 Å². The van der Waals surface area contributed by atoms with Gasteiger partial charge < -0.3 is 15.5 Å². The predicted octanol–water partition coefficient (Wildman–Crippen LogP) is 1.91. The molecular weight excluding hydrogens is 445 g/mol. The lowest BCUT2D eigenvalue weighted by Crippen LogP contribution is -2.58. The molecule has 10 heteroatoms. The summed E-state index contributed by atoms with van der Waals surface area (Å²) in [7, 11) is 0. The summed E-state index contributed by atoms with van der Waals surface area (Å²) in [6, 6.07) is 8.51. The van der Waals surface area contributed by atoms with E-state index in [0.29, 0.717) is 22.6 Å². The summed E-state index contributed by atoms with van der Waals surface area (Å²) in [6.07, 6.45) is -1.57. The van der Waals surface area contributed by atoms with Crippen molar-refractivity contribution < 1.29 is 24.6 Å². The predicted molar refractivity (Wildman–Crippen MR) is 113 cm³/mol. The van der Waals surface area contributed by atoms with Gasteiger partial charge >= 0.3 is 0 Å². The minimum absolute atomic E-state index is 0.0132. The molecular formula is C21H19Cl2N3O5. The molecule has 0 bridgehead atoms. The Labute approximate surface area is 187 Å². The van der Waals surface area contributed by atoms with Gasteiger partial charge in [0.25, 0.3) is 17.7 Å². The number of imide groups is 1. The number of benzene rings is 2. The van der Waals surface area contributed by atoms with Crippen molar-refractivity contribution >= 4 is 40.9 Å². The second-order valence-corrected chi connectivity index (χ2v) is 8.22. The molecule has 4 rings (SSSR count). The normalized spacial score (nSPS) is 23.1. The molecule has 1 fully saturated rings. The highest BCUT2D eigenvalue weighted by Gasteiger charge is 2.45. The van der Waals surface area contributed by atoms with Gasteiger partial charge in [0.05, 0.1) is 27.2 Å². The van der Waals surface area contributed by atoms with Gasteiger partial charge in [-0.1, -0.05) is 35.3 Å². The van der Waals surface area contributed by atoms with Crippen LogP contribution in [0.25, 0.3) is 0 Å². The molecule has 3 amide bonds. The van der Waals surface area contributed by atoms with E-state index in [1.807, 2.05) is 0 Å². The van der Waals surface area contributed by atoms with E-state index in [0.717, 1.165) is 4.90 Å². The molecule has 0 spiro atoms. The first-order valence-electron chi connectivity index (χ1n) is 9.63. The number of carbonyl (C=O) groups excluding carboxylic acids is 3. The molecule has 31 heavy (non-hydrogen) atoms. The highest BCUT2D eigenvalue weighted by Crippen LogP contribution is 2.31. The lowest BCUT2D eigenvalue weighted by Gasteiger charge is -2.36. The van der Waals surface area contributed by atoms with Crippen molar-refractivity contribution in [1.29, 1.82) is 0 Å². The van der Waals surface area contributed by atoms with Crippen molar-refractivity contribution in [2.24, 2.45) is 0 Å². The number of amides is 3. The van der Waals surface area contributed by atoms with Crippen LogP contribution in [-0.4, -0.2) is 51.3 Å². The zero-order valence-corrected chi connectivity index (χ0v) is 17.7. The Morgan fingerprint density at radius 1 is 1.10 bits per heavy atom. The van der Waals surface area contributed by atoms with E-state index < -0.39 is 36.2 Å². The van der Waals surface area contributed by atoms with Gasteiger partial charge in [-0.15, -0.1) is 0 Å². The minimum Gasteiger partial charge on any atom is -0.379 e. The van der Waals surface area contributed by atoms with E-state index in [1.165, 1.54) is 24.3 Å². The van der Waals surface area contributed by atoms with Crippen molar-refractivity contribution in [2.75, 3.05) is 0 Å². The smallest absolute Gasteiger partial charge is 0.262 e. The second kappa shape index (κ2) is 8.57. The van der Waals surface area contributed by atoms with Crippen LogP contribution in [-0.2, 0) is 6.54 Å². The minimum atomic E-state index is -1.23. The van der Waals surface area contributed by atoms with Gasteiger partial charge in [-0.2, -0.15) is 0 Å². The van der Waals surface area contributed by atoms with E-state index in [-0.39, 0.29) is 29.1 Å². The van der Waals surface area contributed by atoms with Crippen molar-refractivity contribution in [1.82, 2.24) is 15.5 Å². The highest BCUT2D eigenvalue weighted by atomic mass is 35.5. The van der Waals surface area contributed by atoms with Gasteiger partial charge in [0, 0.05) is 12.1 Å². The van der Waals surface area contributed by atoms with Crippen molar-refractivity contribution in [3.8, 4) is 0 Å². The number of rotatable bonds is 4. The lowest BCUT2D eigenvalue weighted by molar-refractivity contribution is -0.0413. The first-order valence-corrected chi connectivity index (χ1v) is 10.4. The molecule has 2 aromatic carbocycles. The standard InChI is InChI=1S/C21H19Cl2N3O5/c22-13-5-4-10(8-14(13)23)18(28)24-9-11-2-1-3-12-17(11)21(31)26(20(12)30)15-6-7-16(27)25-19(15)29/h1-5,8,15-16,19,25,27,29H,6-7,9H2,(H,24,28). The fourth-order valence-electron chi connectivity index (χ4n) is 3.89. The van der Waals surface area contributed by atoms with Crippen LogP contribution in [0.5, 0.6) is 0 Å². The second-order valence-electron chi connectivity index (χ2n) is 7.40.